The van der Waals surface area contributed by atoms with Crippen LogP contribution in [0, 0.1) is 0 Å². The molecule has 1 aromatic rings. The van der Waals surface area contributed by atoms with Crippen LogP contribution in [0.3, 0.4) is 0 Å². The highest BCUT2D eigenvalue weighted by atomic mass is 32.2. The Morgan fingerprint density at radius 1 is 1.35 bits per heavy atom. The molecule has 0 fully saturated rings. The number of nitrogens with one attached hydrogen (secondary N) is 2. The summed E-state index contributed by atoms with van der Waals surface area (Å²) in [5, 5.41) is 2.68. The van der Waals surface area contributed by atoms with Crippen molar-refractivity contribution in [2.75, 3.05) is 16.3 Å². The maximum absolute atomic E-state index is 11.8. The summed E-state index contributed by atoms with van der Waals surface area (Å²) in [6.45, 7) is 2.03. The Morgan fingerprint density at radius 3 is 2.60 bits per heavy atom. The fourth-order valence-corrected chi connectivity index (χ4v) is 2.22. The molecule has 0 aliphatic rings. The number of carbonyl (C=O) groups is 1. The van der Waals surface area contributed by atoms with Gasteiger partial charge in [-0.05, 0) is 24.6 Å². The SMILES string of the molecule is CCCCC(N)C(=O)Nc1cccc(NS(C)(=O)=O)c1. The van der Waals surface area contributed by atoms with Crippen molar-refractivity contribution in [2.45, 2.75) is 32.2 Å². The average Bonchev–Trinajstić information content (AvgIpc) is 2.34. The molecule has 0 saturated heterocycles. The van der Waals surface area contributed by atoms with Gasteiger partial charge in [-0.25, -0.2) is 8.42 Å². The first-order chi connectivity index (χ1) is 9.31. The summed E-state index contributed by atoms with van der Waals surface area (Å²) < 4.78 is 24.6. The van der Waals surface area contributed by atoms with Crippen LogP contribution in [0.25, 0.3) is 0 Å². The van der Waals surface area contributed by atoms with Crippen molar-refractivity contribution in [2.24, 2.45) is 5.73 Å². The molecular formula is C13H21N3O3S. The molecule has 0 heterocycles. The molecule has 0 aromatic heterocycles. The lowest BCUT2D eigenvalue weighted by molar-refractivity contribution is -0.117. The molecule has 7 heteroatoms. The average molecular weight is 299 g/mol. The lowest BCUT2D eigenvalue weighted by Gasteiger charge is -2.12. The molecule has 1 rings (SSSR count). The smallest absolute Gasteiger partial charge is 0.241 e. The van der Waals surface area contributed by atoms with Gasteiger partial charge in [-0.3, -0.25) is 9.52 Å². The number of hydrogen-bond acceptors (Lipinski definition) is 4. The summed E-state index contributed by atoms with van der Waals surface area (Å²) in [5.74, 6) is -0.269. The lowest BCUT2D eigenvalue weighted by Crippen LogP contribution is -2.35. The topological polar surface area (TPSA) is 101 Å². The largest absolute Gasteiger partial charge is 0.325 e. The van der Waals surface area contributed by atoms with Crippen molar-refractivity contribution in [3.8, 4) is 0 Å². The van der Waals surface area contributed by atoms with E-state index in [1.54, 1.807) is 24.3 Å². The van der Waals surface area contributed by atoms with Crippen LogP contribution >= 0.6 is 0 Å². The minimum absolute atomic E-state index is 0.269. The highest BCUT2D eigenvalue weighted by molar-refractivity contribution is 7.92. The van der Waals surface area contributed by atoms with Crippen molar-refractivity contribution in [1.82, 2.24) is 0 Å². The van der Waals surface area contributed by atoms with Gasteiger partial charge in [0.25, 0.3) is 0 Å². The van der Waals surface area contributed by atoms with E-state index in [0.29, 0.717) is 17.8 Å². The van der Waals surface area contributed by atoms with Gasteiger partial charge in [-0.15, -0.1) is 0 Å². The van der Waals surface area contributed by atoms with E-state index in [1.807, 2.05) is 6.92 Å². The molecule has 6 nitrogen and oxygen atoms in total. The lowest BCUT2D eigenvalue weighted by atomic mass is 10.1. The van der Waals surface area contributed by atoms with Gasteiger partial charge in [0.1, 0.15) is 0 Å². The van der Waals surface area contributed by atoms with Crippen LogP contribution in [-0.4, -0.2) is 26.6 Å². The molecule has 4 N–H and O–H groups in total. The summed E-state index contributed by atoms with van der Waals surface area (Å²) in [6, 6.07) is 5.93. The minimum Gasteiger partial charge on any atom is -0.325 e. The molecular weight excluding hydrogens is 278 g/mol. The third kappa shape index (κ3) is 6.03. The van der Waals surface area contributed by atoms with Crippen LogP contribution in [0.1, 0.15) is 26.2 Å². The van der Waals surface area contributed by atoms with Gasteiger partial charge in [0.2, 0.25) is 15.9 Å². The second-order valence-electron chi connectivity index (χ2n) is 4.69. The predicted molar refractivity (Wildman–Crippen MR) is 81.0 cm³/mol. The van der Waals surface area contributed by atoms with E-state index >= 15 is 0 Å². The van der Waals surface area contributed by atoms with E-state index in [2.05, 4.69) is 10.0 Å². The number of amides is 1. The molecule has 1 amide bonds. The molecule has 0 aliphatic heterocycles. The van der Waals surface area contributed by atoms with E-state index in [0.717, 1.165) is 19.1 Å². The summed E-state index contributed by atoms with van der Waals surface area (Å²) in [6.07, 6.45) is 3.57. The van der Waals surface area contributed by atoms with E-state index in [4.69, 9.17) is 5.73 Å². The molecule has 0 aliphatic carbocycles. The summed E-state index contributed by atoms with van der Waals surface area (Å²) in [5.41, 5.74) is 6.67. The van der Waals surface area contributed by atoms with Gasteiger partial charge in [0.05, 0.1) is 18.0 Å². The molecule has 1 atom stereocenters. The number of rotatable bonds is 7. The molecule has 112 valence electrons. The Labute approximate surface area is 119 Å². The van der Waals surface area contributed by atoms with Crippen LogP contribution in [0.15, 0.2) is 24.3 Å². The number of nitrogens with two attached hydrogens (primary N) is 1. The third-order valence-electron chi connectivity index (χ3n) is 2.64. The Bertz CT molecular complexity index is 558. The first kappa shape index (κ1) is 16.5. The molecule has 20 heavy (non-hydrogen) atoms. The standard InChI is InChI=1S/C13H21N3O3S/c1-3-4-8-12(14)13(17)15-10-6-5-7-11(9-10)16-20(2,18)19/h5-7,9,12,16H,3-4,8,14H2,1-2H3,(H,15,17). The molecule has 0 spiro atoms. The molecule has 0 radical (unpaired) electrons. The number of sulfonamides is 1. The van der Waals surface area contributed by atoms with Gasteiger partial charge in [-0.2, -0.15) is 0 Å². The van der Waals surface area contributed by atoms with E-state index in [9.17, 15) is 13.2 Å². The molecule has 1 aromatic carbocycles. The Hall–Kier alpha value is -1.60. The number of unbranched alkanes of at least 4 members (excludes halogenated alkanes) is 1. The summed E-state index contributed by atoms with van der Waals surface area (Å²) in [7, 11) is -3.34. The minimum atomic E-state index is -3.34. The van der Waals surface area contributed by atoms with Gasteiger partial charge >= 0.3 is 0 Å². The van der Waals surface area contributed by atoms with Crippen molar-refractivity contribution >= 4 is 27.3 Å². The highest BCUT2D eigenvalue weighted by Gasteiger charge is 2.13. The first-order valence-corrected chi connectivity index (χ1v) is 8.35. The van der Waals surface area contributed by atoms with Gasteiger partial charge in [0, 0.05) is 5.69 Å². The Kier molecular flexibility index (Phi) is 5.97. The Morgan fingerprint density at radius 2 is 2.00 bits per heavy atom. The maximum Gasteiger partial charge on any atom is 0.241 e. The van der Waals surface area contributed by atoms with Crippen molar-refractivity contribution < 1.29 is 13.2 Å². The van der Waals surface area contributed by atoms with Crippen LogP contribution in [0.5, 0.6) is 0 Å². The second kappa shape index (κ2) is 7.25. The molecule has 0 bridgehead atoms. The van der Waals surface area contributed by atoms with Crippen LogP contribution < -0.4 is 15.8 Å². The van der Waals surface area contributed by atoms with Crippen LogP contribution in [-0.2, 0) is 14.8 Å². The zero-order valence-corrected chi connectivity index (χ0v) is 12.5. The maximum atomic E-state index is 11.8. The van der Waals surface area contributed by atoms with Crippen molar-refractivity contribution in [3.05, 3.63) is 24.3 Å². The quantitative estimate of drug-likeness (QED) is 0.710. The van der Waals surface area contributed by atoms with Gasteiger partial charge in [-0.1, -0.05) is 25.8 Å². The first-order valence-electron chi connectivity index (χ1n) is 6.46. The predicted octanol–water partition coefficient (Wildman–Crippen LogP) is 1.51. The monoisotopic (exact) mass is 299 g/mol. The molecule has 0 saturated carbocycles. The zero-order valence-electron chi connectivity index (χ0n) is 11.7. The van der Waals surface area contributed by atoms with E-state index in [-0.39, 0.29) is 5.91 Å². The number of carbonyl (C=O) groups excluding carboxylic acids is 1. The Balaban J connectivity index is 2.68. The summed E-state index contributed by atoms with van der Waals surface area (Å²) >= 11 is 0. The van der Waals surface area contributed by atoms with Crippen LogP contribution in [0.4, 0.5) is 11.4 Å². The van der Waals surface area contributed by atoms with E-state index in [1.165, 1.54) is 0 Å². The van der Waals surface area contributed by atoms with Crippen molar-refractivity contribution in [1.29, 1.82) is 0 Å². The van der Waals surface area contributed by atoms with Gasteiger partial charge < -0.3 is 11.1 Å². The number of anilines is 2. The highest BCUT2D eigenvalue weighted by Crippen LogP contribution is 2.16. The fraction of sp³-hybridized carbons (Fsp3) is 0.462. The third-order valence-corrected chi connectivity index (χ3v) is 3.25. The van der Waals surface area contributed by atoms with E-state index < -0.39 is 16.1 Å². The van der Waals surface area contributed by atoms with Crippen molar-refractivity contribution in [3.63, 3.8) is 0 Å². The molecule has 1 unspecified atom stereocenters. The second-order valence-corrected chi connectivity index (χ2v) is 6.44. The number of hydrogen-bond donors (Lipinski definition) is 3. The zero-order chi connectivity index (χ0) is 15.2. The summed E-state index contributed by atoms with van der Waals surface area (Å²) in [4.78, 5) is 11.8. The number of benzene rings is 1. The van der Waals surface area contributed by atoms with Crippen LogP contribution in [0.2, 0.25) is 0 Å². The fourth-order valence-electron chi connectivity index (χ4n) is 1.66. The van der Waals surface area contributed by atoms with Gasteiger partial charge in [0.15, 0.2) is 0 Å². The normalized spacial score (nSPS) is 12.8.